The molecule has 3 amide bonds. The predicted octanol–water partition coefficient (Wildman–Crippen LogP) is 0.0781. The number of rotatable bonds is 8. The van der Waals surface area contributed by atoms with Crippen LogP contribution in [0.15, 0.2) is 24.3 Å². The molecule has 1 saturated heterocycles. The number of Topliss-reactive ketones (excluding diaryl/α,β-unsaturated/α-hetero) is 1. The largest absolute Gasteiger partial charge is 0.496 e. The lowest BCUT2D eigenvalue weighted by molar-refractivity contribution is -0.123. The lowest BCUT2D eigenvalue weighted by atomic mass is 10.1. The molecule has 0 unspecified atom stereocenters. The summed E-state index contributed by atoms with van der Waals surface area (Å²) in [5, 5.41) is 4.52. The van der Waals surface area contributed by atoms with Gasteiger partial charge in [-0.3, -0.25) is 19.2 Å². The van der Waals surface area contributed by atoms with Gasteiger partial charge >= 0.3 is 5.24 Å². The van der Waals surface area contributed by atoms with Crippen molar-refractivity contribution >= 4 is 43.6 Å². The number of benzene rings is 1. The Morgan fingerprint density at radius 2 is 2.03 bits per heavy atom. The molecule has 3 rings (SSSR count). The second-order valence-electron chi connectivity index (χ2n) is 7.52. The van der Waals surface area contributed by atoms with E-state index in [9.17, 15) is 27.6 Å². The van der Waals surface area contributed by atoms with Gasteiger partial charge in [-0.25, -0.2) is 8.42 Å². The van der Waals surface area contributed by atoms with Crippen molar-refractivity contribution in [3.8, 4) is 5.75 Å². The number of carbonyl (C=O) groups is 4. The number of aromatic nitrogens is 1. The monoisotopic (exact) mass is 464 g/mol. The first-order valence-corrected chi connectivity index (χ1v) is 11.7. The van der Waals surface area contributed by atoms with Crippen molar-refractivity contribution in [1.82, 2.24) is 20.5 Å². The number of ether oxygens (including phenoxy) is 1. The molecule has 1 atom stereocenters. The molecule has 2 aromatic rings. The number of ketones is 1. The van der Waals surface area contributed by atoms with Crippen LogP contribution >= 0.6 is 0 Å². The number of nitrogens with one attached hydrogen (secondary N) is 3. The highest BCUT2D eigenvalue weighted by Crippen LogP contribution is 2.25. The number of carbonyl (C=O) groups excluding carboxylic acids is 4. The minimum atomic E-state index is -4.10. The second-order valence-corrected chi connectivity index (χ2v) is 9.41. The Morgan fingerprint density at radius 3 is 2.66 bits per heavy atom. The summed E-state index contributed by atoms with van der Waals surface area (Å²) >= 11 is 0. The fraction of sp³-hybridized carbons (Fsp3) is 0.400. The summed E-state index contributed by atoms with van der Waals surface area (Å²) in [6, 6.07) is 6.88. The van der Waals surface area contributed by atoms with Crippen LogP contribution < -0.4 is 15.4 Å². The Morgan fingerprint density at radius 1 is 1.28 bits per heavy atom. The van der Waals surface area contributed by atoms with E-state index in [1.807, 2.05) is 0 Å². The summed E-state index contributed by atoms with van der Waals surface area (Å²) in [5.41, 5.74) is 0.893. The summed E-state index contributed by atoms with van der Waals surface area (Å²) in [6.07, 6.45) is 1.18. The van der Waals surface area contributed by atoms with Crippen LogP contribution in [0.3, 0.4) is 0 Å². The minimum Gasteiger partial charge on any atom is -0.496 e. The van der Waals surface area contributed by atoms with E-state index in [1.165, 1.54) is 7.11 Å². The third-order valence-corrected chi connectivity index (χ3v) is 5.97. The minimum absolute atomic E-state index is 0.195. The standard InChI is InChI=1S/C20H24N4O7S/c1-31-17-5-3-4-15-14(17)8-16(23-15)19(27)22-9-13(25)11-24(20(28)32(2,29)30)10-12-6-7-21-18(12)26/h3-5,8,12,23H,6-7,9-11H2,1-2H3,(H,21,26)(H,22,27)/t12-/m0/s1. The molecule has 32 heavy (non-hydrogen) atoms. The van der Waals surface area contributed by atoms with Crippen molar-refractivity contribution < 1.29 is 32.3 Å². The third-order valence-electron chi connectivity index (χ3n) is 5.08. The highest BCUT2D eigenvalue weighted by atomic mass is 32.2. The highest BCUT2D eigenvalue weighted by molar-refractivity contribution is 8.05. The molecule has 3 N–H and O–H groups in total. The number of hydrogen-bond acceptors (Lipinski definition) is 7. The first-order chi connectivity index (χ1) is 15.1. The second kappa shape index (κ2) is 9.39. The Labute approximate surface area is 184 Å². The average Bonchev–Trinajstić information content (AvgIpc) is 3.36. The molecule has 1 aliphatic rings. The molecule has 0 radical (unpaired) electrons. The fourth-order valence-corrected chi connectivity index (χ4v) is 4.10. The number of hydrogen-bond donors (Lipinski definition) is 3. The Kier molecular flexibility index (Phi) is 6.82. The smallest absolute Gasteiger partial charge is 0.339 e. The average molecular weight is 465 g/mol. The van der Waals surface area contributed by atoms with Gasteiger partial charge in [0.15, 0.2) is 5.78 Å². The van der Waals surface area contributed by atoms with Gasteiger partial charge in [-0.2, -0.15) is 0 Å². The van der Waals surface area contributed by atoms with Crippen molar-refractivity contribution in [2.24, 2.45) is 5.92 Å². The predicted molar refractivity (Wildman–Crippen MR) is 115 cm³/mol. The fourth-order valence-electron chi connectivity index (χ4n) is 3.49. The molecule has 2 heterocycles. The van der Waals surface area contributed by atoms with Gasteiger partial charge < -0.3 is 25.3 Å². The van der Waals surface area contributed by atoms with Crippen molar-refractivity contribution in [2.75, 3.05) is 39.5 Å². The topological polar surface area (TPSA) is 155 Å². The molecule has 1 fully saturated rings. The van der Waals surface area contributed by atoms with Crippen LogP contribution in [0.25, 0.3) is 10.9 Å². The number of fused-ring (bicyclic) bond motifs is 1. The number of sulfone groups is 1. The zero-order chi connectivity index (χ0) is 23.5. The van der Waals surface area contributed by atoms with Crippen molar-refractivity contribution in [2.45, 2.75) is 6.42 Å². The van der Waals surface area contributed by atoms with Crippen molar-refractivity contribution in [3.05, 3.63) is 30.0 Å². The number of methoxy groups -OCH3 is 1. The lowest BCUT2D eigenvalue weighted by Gasteiger charge is -2.23. The van der Waals surface area contributed by atoms with E-state index in [2.05, 4.69) is 15.6 Å². The van der Waals surface area contributed by atoms with Crippen molar-refractivity contribution in [1.29, 1.82) is 0 Å². The zero-order valence-electron chi connectivity index (χ0n) is 17.6. The van der Waals surface area contributed by atoms with E-state index in [-0.39, 0.29) is 18.1 Å². The maximum atomic E-state index is 12.5. The van der Waals surface area contributed by atoms with Gasteiger partial charge in [-0.1, -0.05) is 6.07 Å². The molecule has 172 valence electrons. The summed E-state index contributed by atoms with van der Waals surface area (Å²) < 4.78 is 28.7. The maximum Gasteiger partial charge on any atom is 0.339 e. The Bertz CT molecular complexity index is 1170. The molecule has 12 heteroatoms. The Balaban J connectivity index is 1.64. The number of aromatic amines is 1. The van der Waals surface area contributed by atoms with E-state index < -0.39 is 45.8 Å². The van der Waals surface area contributed by atoms with Crippen LogP contribution in [0.2, 0.25) is 0 Å². The van der Waals surface area contributed by atoms with E-state index in [1.54, 1.807) is 24.3 Å². The molecule has 0 spiro atoms. The van der Waals surface area contributed by atoms with E-state index in [0.717, 1.165) is 11.2 Å². The first-order valence-electron chi connectivity index (χ1n) is 9.82. The van der Waals surface area contributed by atoms with Gasteiger partial charge in [0, 0.05) is 30.2 Å². The van der Waals surface area contributed by atoms with Crippen LogP contribution in [0.4, 0.5) is 4.79 Å². The summed E-state index contributed by atoms with van der Waals surface area (Å²) in [5.74, 6) is -1.44. The van der Waals surface area contributed by atoms with Gasteiger partial charge in [0.2, 0.25) is 15.7 Å². The number of nitrogens with zero attached hydrogens (tertiary/aromatic N) is 1. The molecular weight excluding hydrogens is 440 g/mol. The van der Waals surface area contributed by atoms with Crippen molar-refractivity contribution in [3.63, 3.8) is 0 Å². The molecule has 11 nitrogen and oxygen atoms in total. The highest BCUT2D eigenvalue weighted by Gasteiger charge is 2.32. The molecule has 1 aromatic heterocycles. The van der Waals surface area contributed by atoms with Crippen LogP contribution in [0, 0.1) is 5.92 Å². The lowest BCUT2D eigenvalue weighted by Crippen LogP contribution is -2.45. The normalized spacial score (nSPS) is 15.9. The van der Waals surface area contributed by atoms with Crippen LogP contribution in [-0.4, -0.2) is 80.7 Å². The maximum absolute atomic E-state index is 12.5. The van der Waals surface area contributed by atoms with Crippen LogP contribution in [0.1, 0.15) is 16.9 Å². The molecule has 0 bridgehead atoms. The van der Waals surface area contributed by atoms with E-state index >= 15 is 0 Å². The Hall–Kier alpha value is -3.41. The molecular formula is C20H24N4O7S. The van der Waals surface area contributed by atoms with Crippen LogP contribution in [-0.2, 0) is 19.4 Å². The van der Waals surface area contributed by atoms with E-state index in [4.69, 9.17) is 4.74 Å². The quantitative estimate of drug-likeness (QED) is 0.500. The summed E-state index contributed by atoms with van der Waals surface area (Å²) in [4.78, 5) is 52.7. The number of amides is 3. The first kappa shape index (κ1) is 23.3. The van der Waals surface area contributed by atoms with Gasteiger partial charge in [-0.05, 0) is 24.6 Å². The molecule has 1 aliphatic heterocycles. The SMILES string of the molecule is COc1cccc2[nH]c(C(=O)NCC(=O)CN(C[C@@H]3CCNC3=O)C(=O)S(C)(=O)=O)cc12. The molecule has 1 aromatic carbocycles. The van der Waals surface area contributed by atoms with E-state index in [0.29, 0.717) is 29.6 Å². The summed E-state index contributed by atoms with van der Waals surface area (Å²) in [7, 11) is -2.59. The number of H-pyrrole nitrogens is 1. The molecule has 0 saturated carbocycles. The zero-order valence-corrected chi connectivity index (χ0v) is 18.5. The third kappa shape index (κ3) is 5.25. The van der Waals surface area contributed by atoms with Gasteiger partial charge in [0.05, 0.1) is 26.1 Å². The van der Waals surface area contributed by atoms with Gasteiger partial charge in [0.1, 0.15) is 11.4 Å². The molecule has 0 aliphatic carbocycles. The summed E-state index contributed by atoms with van der Waals surface area (Å²) in [6.45, 7) is -0.741. The van der Waals surface area contributed by atoms with Gasteiger partial charge in [0.25, 0.3) is 5.91 Å². The van der Waals surface area contributed by atoms with Gasteiger partial charge in [-0.15, -0.1) is 0 Å². The van der Waals surface area contributed by atoms with Crippen LogP contribution in [0.5, 0.6) is 5.75 Å².